The van der Waals surface area contributed by atoms with Crippen LogP contribution in [0.5, 0.6) is 0 Å². The maximum atomic E-state index is 13.7. The van der Waals surface area contributed by atoms with Gasteiger partial charge in [-0.1, -0.05) is 40.2 Å². The Labute approximate surface area is 186 Å². The number of anilines is 2. The third-order valence-corrected chi connectivity index (χ3v) is 6.89. The Balaban J connectivity index is 1.78. The van der Waals surface area contributed by atoms with Gasteiger partial charge in [-0.15, -0.1) is 0 Å². The second-order valence-corrected chi connectivity index (χ2v) is 8.67. The van der Waals surface area contributed by atoms with Crippen molar-refractivity contribution in [3.8, 4) is 0 Å². The number of para-hydroxylation sites is 1. The Kier molecular flexibility index (Phi) is 4.20. The van der Waals surface area contributed by atoms with Crippen molar-refractivity contribution in [2.75, 3.05) is 24.0 Å². The minimum Gasteiger partial charge on any atom is -0.466 e. The number of amides is 3. The molecule has 1 spiro atoms. The van der Waals surface area contributed by atoms with Crippen LogP contribution in [0, 0.1) is 11.8 Å². The Bertz CT molecular complexity index is 1210. The van der Waals surface area contributed by atoms with E-state index >= 15 is 0 Å². The van der Waals surface area contributed by atoms with Crippen LogP contribution < -0.4 is 9.80 Å². The number of likely N-dealkylation sites (N-methyl/N-ethyl adjacent to an activating group) is 1. The number of rotatable bonds is 2. The second kappa shape index (κ2) is 6.62. The van der Waals surface area contributed by atoms with E-state index in [9.17, 15) is 19.2 Å². The zero-order chi connectivity index (χ0) is 22.1. The molecule has 3 aliphatic rings. The molecule has 2 aromatic rings. The molecule has 31 heavy (non-hydrogen) atoms. The lowest BCUT2D eigenvalue weighted by atomic mass is 9.67. The fourth-order valence-electron chi connectivity index (χ4n) is 5.13. The van der Waals surface area contributed by atoms with E-state index in [1.54, 1.807) is 55.6 Å². The van der Waals surface area contributed by atoms with Gasteiger partial charge in [0.05, 0.1) is 30.2 Å². The zero-order valence-electron chi connectivity index (χ0n) is 16.7. The molecule has 0 saturated carbocycles. The molecule has 2 aromatic carbocycles. The van der Waals surface area contributed by atoms with E-state index in [4.69, 9.17) is 4.74 Å². The first kappa shape index (κ1) is 19.7. The summed E-state index contributed by atoms with van der Waals surface area (Å²) in [5, 5.41) is 0. The van der Waals surface area contributed by atoms with Crippen molar-refractivity contribution in [1.82, 2.24) is 0 Å². The van der Waals surface area contributed by atoms with Crippen molar-refractivity contribution in [3.63, 3.8) is 0 Å². The average molecular weight is 481 g/mol. The highest BCUT2D eigenvalue weighted by Gasteiger charge is 2.70. The van der Waals surface area contributed by atoms with Gasteiger partial charge >= 0.3 is 5.97 Å². The minimum absolute atomic E-state index is 0.0353. The van der Waals surface area contributed by atoms with E-state index in [2.05, 4.69) is 15.9 Å². The predicted molar refractivity (Wildman–Crippen MR) is 115 cm³/mol. The van der Waals surface area contributed by atoms with Crippen LogP contribution in [0.2, 0.25) is 0 Å². The Morgan fingerprint density at radius 1 is 1.06 bits per heavy atom. The molecule has 3 amide bonds. The van der Waals surface area contributed by atoms with Gasteiger partial charge in [0.1, 0.15) is 5.41 Å². The first-order valence-electron chi connectivity index (χ1n) is 9.65. The molecular weight excluding hydrogens is 464 g/mol. The largest absolute Gasteiger partial charge is 0.466 e. The van der Waals surface area contributed by atoms with E-state index in [0.29, 0.717) is 21.4 Å². The van der Waals surface area contributed by atoms with Gasteiger partial charge in [0.15, 0.2) is 0 Å². The van der Waals surface area contributed by atoms with Crippen LogP contribution in [-0.4, -0.2) is 37.8 Å². The highest BCUT2D eigenvalue weighted by molar-refractivity contribution is 9.10. The quantitative estimate of drug-likeness (QED) is 0.487. The molecule has 0 radical (unpaired) electrons. The molecule has 0 unspecified atom stereocenters. The van der Waals surface area contributed by atoms with Crippen molar-refractivity contribution in [1.29, 1.82) is 0 Å². The Morgan fingerprint density at radius 3 is 2.45 bits per heavy atom. The number of carbonyl (C=O) groups excluding carboxylic acids is 4. The number of fused-ring (bicyclic) bond motifs is 4. The molecule has 7 nitrogen and oxygen atoms in total. The molecule has 0 bridgehead atoms. The van der Waals surface area contributed by atoms with Crippen LogP contribution in [0.1, 0.15) is 5.56 Å². The van der Waals surface area contributed by atoms with Crippen molar-refractivity contribution < 1.29 is 23.9 Å². The van der Waals surface area contributed by atoms with Gasteiger partial charge in [0, 0.05) is 17.2 Å². The maximum Gasteiger partial charge on any atom is 0.334 e. The molecule has 5 rings (SSSR count). The number of esters is 1. The summed E-state index contributed by atoms with van der Waals surface area (Å²) in [6.45, 7) is 0. The van der Waals surface area contributed by atoms with E-state index in [0.717, 1.165) is 4.90 Å². The summed E-state index contributed by atoms with van der Waals surface area (Å²) in [7, 11) is 2.82. The molecule has 156 valence electrons. The molecular formula is C23H17BrN2O5. The van der Waals surface area contributed by atoms with Crippen LogP contribution in [0.3, 0.4) is 0 Å². The van der Waals surface area contributed by atoms with Gasteiger partial charge in [-0.25, -0.2) is 9.69 Å². The molecule has 2 aliphatic heterocycles. The minimum atomic E-state index is -1.62. The van der Waals surface area contributed by atoms with E-state index in [1.165, 1.54) is 18.1 Å². The van der Waals surface area contributed by atoms with Crippen molar-refractivity contribution in [2.45, 2.75) is 5.41 Å². The van der Waals surface area contributed by atoms with E-state index < -0.39 is 40.9 Å². The van der Waals surface area contributed by atoms with Crippen LogP contribution in [0.25, 0.3) is 0 Å². The lowest BCUT2D eigenvalue weighted by Gasteiger charge is -2.31. The standard InChI is InChI=1S/C23H17BrN2O5/c1-25-17-9-8-12(24)10-15(17)23(22(25)30)16(21(29)31-2)11-14-18(23)20(28)26(19(14)27)13-6-4-3-5-7-13/h3-11,14,18H,1-2H3/t14-,18+,23+/m0/s1. The summed E-state index contributed by atoms with van der Waals surface area (Å²) in [4.78, 5) is 56.1. The highest BCUT2D eigenvalue weighted by atomic mass is 79.9. The fraction of sp³-hybridized carbons (Fsp3) is 0.217. The third-order valence-electron chi connectivity index (χ3n) is 6.40. The molecule has 8 heteroatoms. The first-order chi connectivity index (χ1) is 14.8. The number of hydrogen-bond donors (Lipinski definition) is 0. The van der Waals surface area contributed by atoms with Crippen LogP contribution in [0.15, 0.2) is 64.7 Å². The lowest BCUT2D eigenvalue weighted by Crippen LogP contribution is -2.49. The van der Waals surface area contributed by atoms with Gasteiger partial charge in [-0.3, -0.25) is 14.4 Å². The van der Waals surface area contributed by atoms with Gasteiger partial charge < -0.3 is 9.64 Å². The summed E-state index contributed by atoms with van der Waals surface area (Å²) in [6, 6.07) is 13.9. The number of ether oxygens (including phenoxy) is 1. The van der Waals surface area contributed by atoms with Crippen molar-refractivity contribution >= 4 is 51.0 Å². The smallest absolute Gasteiger partial charge is 0.334 e. The first-order valence-corrected chi connectivity index (χ1v) is 10.4. The monoisotopic (exact) mass is 480 g/mol. The molecule has 2 heterocycles. The molecule has 3 atom stereocenters. The zero-order valence-corrected chi connectivity index (χ0v) is 18.3. The topological polar surface area (TPSA) is 84.0 Å². The van der Waals surface area contributed by atoms with Crippen LogP contribution in [0.4, 0.5) is 11.4 Å². The number of methoxy groups -OCH3 is 1. The average Bonchev–Trinajstić information content (AvgIpc) is 3.33. The second-order valence-electron chi connectivity index (χ2n) is 7.76. The van der Waals surface area contributed by atoms with Crippen molar-refractivity contribution in [2.24, 2.45) is 11.8 Å². The molecule has 1 aliphatic carbocycles. The predicted octanol–water partition coefficient (Wildman–Crippen LogP) is 2.58. The van der Waals surface area contributed by atoms with Gasteiger partial charge in [-0.05, 0) is 35.9 Å². The van der Waals surface area contributed by atoms with Gasteiger partial charge in [0.2, 0.25) is 17.7 Å². The van der Waals surface area contributed by atoms with Gasteiger partial charge in [0.25, 0.3) is 0 Å². The fourth-order valence-corrected chi connectivity index (χ4v) is 5.49. The molecule has 1 fully saturated rings. The lowest BCUT2D eigenvalue weighted by molar-refractivity contribution is -0.139. The SMILES string of the molecule is COC(=O)C1=C[C@@H]2C(=O)N(c3ccccc3)C(=O)[C@@H]2[C@]12C(=O)N(C)c1ccc(Br)cc12. The number of hydrogen-bond acceptors (Lipinski definition) is 5. The highest BCUT2D eigenvalue weighted by Crippen LogP contribution is 2.59. The number of halogens is 1. The number of imide groups is 1. The summed E-state index contributed by atoms with van der Waals surface area (Å²) in [6.07, 6.45) is 1.45. The summed E-state index contributed by atoms with van der Waals surface area (Å²) >= 11 is 3.43. The maximum absolute atomic E-state index is 13.7. The Hall–Kier alpha value is -3.26. The normalized spacial score (nSPS) is 26.4. The van der Waals surface area contributed by atoms with E-state index in [-0.39, 0.29) is 5.57 Å². The molecule has 1 saturated heterocycles. The van der Waals surface area contributed by atoms with Crippen LogP contribution in [-0.2, 0) is 29.3 Å². The number of nitrogens with zero attached hydrogens (tertiary/aromatic N) is 2. The number of carbonyl (C=O) groups is 4. The van der Waals surface area contributed by atoms with E-state index in [1.807, 2.05) is 0 Å². The van der Waals surface area contributed by atoms with Gasteiger partial charge in [-0.2, -0.15) is 0 Å². The summed E-state index contributed by atoms with van der Waals surface area (Å²) in [5.41, 5.74) is -0.0601. The van der Waals surface area contributed by atoms with Crippen LogP contribution >= 0.6 is 15.9 Å². The third kappa shape index (κ3) is 2.33. The summed E-state index contributed by atoms with van der Waals surface area (Å²) in [5.74, 6) is -4.13. The Morgan fingerprint density at radius 2 is 1.77 bits per heavy atom. The molecule has 0 aromatic heterocycles. The molecule has 0 N–H and O–H groups in total. The summed E-state index contributed by atoms with van der Waals surface area (Å²) < 4.78 is 5.66. The number of benzene rings is 2. The van der Waals surface area contributed by atoms with Crippen molar-refractivity contribution in [3.05, 3.63) is 70.2 Å².